The number of hydrazine groups is 1. The highest BCUT2D eigenvalue weighted by Crippen LogP contribution is 2.24. The fourth-order valence-electron chi connectivity index (χ4n) is 4.09. The first kappa shape index (κ1) is 23.5. The normalized spacial score (nSPS) is 17.6. The molecule has 0 saturated carbocycles. The molecule has 4 rings (SSSR count). The number of nitrogens with one attached hydrogen (secondary N) is 2. The fraction of sp³-hybridized carbons (Fsp3) is 0.348. The number of nitrogens with zero attached hydrogens (tertiary/aromatic N) is 5. The van der Waals surface area contributed by atoms with Crippen LogP contribution in [-0.4, -0.2) is 50.4 Å². The van der Waals surface area contributed by atoms with Crippen LogP contribution in [0.2, 0.25) is 0 Å². The Morgan fingerprint density at radius 1 is 1.26 bits per heavy atom. The third kappa shape index (κ3) is 5.10. The standard InChI is InChI=1S/C23H26FN7O3/c1-15-22(27-28-30(15)19-6-3-7-20(14-19)31(33)34)23(32)29(2)12-4-5-18-13-21(26-25-18)16-8-10-17(24)11-9-16/h3,6-11,14,18,21,25-26H,4-5,12-13H2,1-2H3. The summed E-state index contributed by atoms with van der Waals surface area (Å²) in [6.07, 6.45) is 2.53. The molecule has 10 nitrogen and oxygen atoms in total. The molecule has 11 heteroatoms. The summed E-state index contributed by atoms with van der Waals surface area (Å²) >= 11 is 0. The van der Waals surface area contributed by atoms with Gasteiger partial charge >= 0.3 is 0 Å². The largest absolute Gasteiger partial charge is 0.340 e. The van der Waals surface area contributed by atoms with Crippen molar-refractivity contribution in [2.75, 3.05) is 13.6 Å². The van der Waals surface area contributed by atoms with Crippen LogP contribution in [0.1, 0.15) is 47.1 Å². The van der Waals surface area contributed by atoms with Gasteiger partial charge in [-0.1, -0.05) is 23.4 Å². The molecule has 1 saturated heterocycles. The van der Waals surface area contributed by atoms with E-state index in [1.807, 2.05) is 0 Å². The van der Waals surface area contributed by atoms with Crippen LogP contribution in [0.25, 0.3) is 5.69 Å². The molecule has 1 amide bonds. The molecule has 2 heterocycles. The van der Waals surface area contributed by atoms with Crippen molar-refractivity contribution in [2.45, 2.75) is 38.3 Å². The van der Waals surface area contributed by atoms with Crippen molar-refractivity contribution in [1.82, 2.24) is 30.7 Å². The van der Waals surface area contributed by atoms with Crippen molar-refractivity contribution in [3.63, 3.8) is 0 Å². The van der Waals surface area contributed by atoms with Crippen molar-refractivity contribution in [2.24, 2.45) is 0 Å². The molecule has 1 fully saturated rings. The summed E-state index contributed by atoms with van der Waals surface area (Å²) in [5, 5.41) is 19.1. The Morgan fingerprint density at radius 3 is 2.76 bits per heavy atom. The van der Waals surface area contributed by atoms with E-state index in [-0.39, 0.29) is 35.2 Å². The molecular weight excluding hydrogens is 441 g/mol. The number of halogens is 1. The highest BCUT2D eigenvalue weighted by Gasteiger charge is 2.26. The second kappa shape index (κ2) is 10.1. The van der Waals surface area contributed by atoms with Gasteiger partial charge in [-0.25, -0.2) is 9.07 Å². The van der Waals surface area contributed by atoms with Gasteiger partial charge in [-0.05, 0) is 49.9 Å². The molecule has 2 aromatic carbocycles. The molecule has 1 aliphatic rings. The van der Waals surface area contributed by atoms with Crippen LogP contribution in [0.4, 0.5) is 10.1 Å². The third-order valence-electron chi connectivity index (χ3n) is 6.03. The quantitative estimate of drug-likeness (QED) is 0.386. The first-order valence-corrected chi connectivity index (χ1v) is 11.0. The lowest BCUT2D eigenvalue weighted by atomic mass is 9.99. The zero-order chi connectivity index (χ0) is 24.2. The zero-order valence-electron chi connectivity index (χ0n) is 18.9. The predicted octanol–water partition coefficient (Wildman–Crippen LogP) is 3.08. The Morgan fingerprint density at radius 2 is 2.03 bits per heavy atom. The van der Waals surface area contributed by atoms with E-state index in [4.69, 9.17) is 0 Å². The van der Waals surface area contributed by atoms with Crippen molar-refractivity contribution in [3.8, 4) is 5.69 Å². The van der Waals surface area contributed by atoms with Crippen LogP contribution in [0.15, 0.2) is 48.5 Å². The van der Waals surface area contributed by atoms with Crippen molar-refractivity contribution in [1.29, 1.82) is 0 Å². The summed E-state index contributed by atoms with van der Waals surface area (Å²) in [5.74, 6) is -0.504. The Bertz CT molecular complexity index is 1180. The van der Waals surface area contributed by atoms with E-state index < -0.39 is 4.92 Å². The fourth-order valence-corrected chi connectivity index (χ4v) is 4.09. The molecule has 2 N–H and O–H groups in total. The molecule has 0 aliphatic carbocycles. The van der Waals surface area contributed by atoms with Crippen molar-refractivity contribution < 1.29 is 14.1 Å². The maximum Gasteiger partial charge on any atom is 0.276 e. The maximum absolute atomic E-state index is 13.1. The van der Waals surface area contributed by atoms with Gasteiger partial charge in [-0.3, -0.25) is 25.8 Å². The second-order valence-electron chi connectivity index (χ2n) is 8.41. The van der Waals surface area contributed by atoms with Gasteiger partial charge in [-0.2, -0.15) is 0 Å². The number of benzene rings is 2. The van der Waals surface area contributed by atoms with Gasteiger partial charge in [0, 0.05) is 37.8 Å². The summed E-state index contributed by atoms with van der Waals surface area (Å²) in [5.41, 5.74) is 8.70. The lowest BCUT2D eigenvalue weighted by Gasteiger charge is -2.17. The smallest absolute Gasteiger partial charge is 0.276 e. The average molecular weight is 468 g/mol. The van der Waals surface area contributed by atoms with Crippen molar-refractivity contribution in [3.05, 3.63) is 81.4 Å². The van der Waals surface area contributed by atoms with Gasteiger partial charge in [0.25, 0.3) is 11.6 Å². The number of aromatic nitrogens is 3. The Labute approximate surface area is 195 Å². The van der Waals surface area contributed by atoms with Crippen LogP contribution in [0.5, 0.6) is 0 Å². The molecular formula is C23H26FN7O3. The van der Waals surface area contributed by atoms with E-state index in [9.17, 15) is 19.3 Å². The summed E-state index contributed by atoms with van der Waals surface area (Å²) in [6.45, 7) is 2.25. The number of non-ortho nitro benzene ring substituents is 1. The highest BCUT2D eigenvalue weighted by molar-refractivity contribution is 5.93. The molecule has 0 spiro atoms. The molecule has 0 bridgehead atoms. The number of carbonyl (C=O) groups excluding carboxylic acids is 1. The lowest BCUT2D eigenvalue weighted by molar-refractivity contribution is -0.384. The first-order valence-electron chi connectivity index (χ1n) is 11.0. The maximum atomic E-state index is 13.1. The summed E-state index contributed by atoms with van der Waals surface area (Å²) in [6, 6.07) is 12.9. The van der Waals surface area contributed by atoms with Gasteiger partial charge in [0.2, 0.25) is 0 Å². The minimum Gasteiger partial charge on any atom is -0.340 e. The van der Waals surface area contributed by atoms with Gasteiger partial charge in [0.05, 0.1) is 16.3 Å². The van der Waals surface area contributed by atoms with E-state index in [0.717, 1.165) is 24.8 Å². The van der Waals surface area contributed by atoms with E-state index in [0.29, 0.717) is 17.9 Å². The number of rotatable bonds is 8. The van der Waals surface area contributed by atoms with Gasteiger partial charge in [0.1, 0.15) is 5.82 Å². The van der Waals surface area contributed by atoms with E-state index in [2.05, 4.69) is 21.2 Å². The molecule has 1 aromatic heterocycles. The number of carbonyl (C=O) groups is 1. The van der Waals surface area contributed by atoms with Crippen LogP contribution in [-0.2, 0) is 0 Å². The van der Waals surface area contributed by atoms with Crippen LogP contribution in [0, 0.1) is 22.9 Å². The minimum absolute atomic E-state index is 0.0610. The van der Waals surface area contributed by atoms with Gasteiger partial charge < -0.3 is 4.90 Å². The van der Waals surface area contributed by atoms with E-state index in [1.165, 1.54) is 28.9 Å². The van der Waals surface area contributed by atoms with Crippen LogP contribution < -0.4 is 10.9 Å². The summed E-state index contributed by atoms with van der Waals surface area (Å²) in [7, 11) is 1.72. The molecule has 2 atom stereocenters. The third-order valence-corrected chi connectivity index (χ3v) is 6.03. The Kier molecular flexibility index (Phi) is 6.94. The minimum atomic E-state index is -0.480. The first-order chi connectivity index (χ1) is 16.3. The molecule has 34 heavy (non-hydrogen) atoms. The SMILES string of the molecule is Cc1c(C(=O)N(C)CCCC2CC(c3ccc(F)cc3)NN2)nnn1-c1cccc([N+](=O)[O-])c1. The van der Waals surface area contributed by atoms with Crippen molar-refractivity contribution >= 4 is 11.6 Å². The lowest BCUT2D eigenvalue weighted by Crippen LogP contribution is -2.32. The number of hydrogen-bond donors (Lipinski definition) is 2. The summed E-state index contributed by atoms with van der Waals surface area (Å²) in [4.78, 5) is 25.1. The van der Waals surface area contributed by atoms with Gasteiger partial charge in [0.15, 0.2) is 5.69 Å². The molecule has 3 aromatic rings. The Balaban J connectivity index is 1.31. The average Bonchev–Trinajstić information content (AvgIpc) is 3.46. The van der Waals surface area contributed by atoms with E-state index >= 15 is 0 Å². The summed E-state index contributed by atoms with van der Waals surface area (Å²) < 4.78 is 14.6. The zero-order valence-corrected chi connectivity index (χ0v) is 18.9. The topological polar surface area (TPSA) is 118 Å². The van der Waals surface area contributed by atoms with Gasteiger partial charge in [-0.15, -0.1) is 5.10 Å². The number of nitro benzene ring substituents is 1. The monoisotopic (exact) mass is 467 g/mol. The number of nitro groups is 1. The van der Waals surface area contributed by atoms with E-state index in [1.54, 1.807) is 43.1 Å². The molecule has 2 unspecified atom stereocenters. The molecule has 1 aliphatic heterocycles. The van der Waals surface area contributed by atoms with Crippen LogP contribution >= 0.6 is 0 Å². The Hall–Kier alpha value is -3.70. The second-order valence-corrected chi connectivity index (χ2v) is 8.41. The molecule has 178 valence electrons. The van der Waals surface area contributed by atoms with Crippen LogP contribution in [0.3, 0.4) is 0 Å². The number of hydrogen-bond acceptors (Lipinski definition) is 7. The number of amides is 1. The predicted molar refractivity (Wildman–Crippen MR) is 123 cm³/mol. The highest BCUT2D eigenvalue weighted by atomic mass is 19.1. The molecule has 0 radical (unpaired) electrons.